The van der Waals surface area contributed by atoms with Crippen molar-refractivity contribution in [2.45, 2.75) is 37.6 Å². The fourth-order valence-corrected chi connectivity index (χ4v) is 3.28. The number of hydrogen-bond donors (Lipinski definition) is 1. The monoisotopic (exact) mass is 290 g/mol. The molecule has 1 heterocycles. The highest BCUT2D eigenvalue weighted by atomic mass is 19.1. The zero-order valence-corrected chi connectivity index (χ0v) is 12.6. The van der Waals surface area contributed by atoms with Gasteiger partial charge in [-0.1, -0.05) is 18.2 Å². The molecule has 0 radical (unpaired) electrons. The first-order valence-corrected chi connectivity index (χ1v) is 7.84. The van der Waals surface area contributed by atoms with E-state index in [0.717, 1.165) is 38.8 Å². The van der Waals surface area contributed by atoms with Crippen LogP contribution in [0.4, 0.5) is 4.39 Å². The molecule has 0 aromatic heterocycles. The van der Waals surface area contributed by atoms with Gasteiger partial charge in [-0.3, -0.25) is 4.79 Å². The number of hydrogen-bond acceptors (Lipinski definition) is 2. The van der Waals surface area contributed by atoms with Crippen LogP contribution < -0.4 is 5.32 Å². The lowest BCUT2D eigenvalue weighted by Gasteiger charge is -2.29. The first-order chi connectivity index (χ1) is 10.1. The molecule has 1 saturated carbocycles. The van der Waals surface area contributed by atoms with Crippen molar-refractivity contribution >= 4 is 5.91 Å². The molecule has 4 heteroatoms. The minimum Gasteiger partial charge on any atom is -0.346 e. The van der Waals surface area contributed by atoms with Crippen molar-refractivity contribution in [3.8, 4) is 0 Å². The molecule has 0 unspecified atom stereocenters. The molecule has 1 aromatic rings. The predicted octanol–water partition coefficient (Wildman–Crippen LogP) is 2.66. The van der Waals surface area contributed by atoms with Crippen LogP contribution in [0.15, 0.2) is 24.3 Å². The molecule has 1 N–H and O–H groups in total. The lowest BCUT2D eigenvalue weighted by molar-refractivity contribution is -0.123. The van der Waals surface area contributed by atoms with Gasteiger partial charge in [-0.25, -0.2) is 4.39 Å². The Hall–Kier alpha value is -1.42. The molecule has 2 fully saturated rings. The van der Waals surface area contributed by atoms with Gasteiger partial charge in [0.2, 0.25) is 5.91 Å². The Balaban J connectivity index is 1.59. The van der Waals surface area contributed by atoms with E-state index in [1.54, 1.807) is 12.1 Å². The highest BCUT2D eigenvalue weighted by Crippen LogP contribution is 2.46. The predicted molar refractivity (Wildman–Crippen MR) is 80.3 cm³/mol. The molecule has 3 nitrogen and oxygen atoms in total. The van der Waals surface area contributed by atoms with Crippen LogP contribution in [0, 0.1) is 11.7 Å². The molecule has 114 valence electrons. The number of amides is 1. The Kier molecular flexibility index (Phi) is 3.98. The highest BCUT2D eigenvalue weighted by molar-refractivity contribution is 5.78. The van der Waals surface area contributed by atoms with Gasteiger partial charge in [-0.15, -0.1) is 0 Å². The van der Waals surface area contributed by atoms with Crippen molar-refractivity contribution in [1.29, 1.82) is 0 Å². The van der Waals surface area contributed by atoms with E-state index >= 15 is 0 Å². The summed E-state index contributed by atoms with van der Waals surface area (Å²) in [5.41, 5.74) is 0.204. The van der Waals surface area contributed by atoms with Crippen LogP contribution >= 0.6 is 0 Å². The Morgan fingerprint density at radius 1 is 1.33 bits per heavy atom. The lowest BCUT2D eigenvalue weighted by Crippen LogP contribution is -2.38. The minimum absolute atomic E-state index is 0.0744. The molecule has 1 saturated heterocycles. The molecule has 1 aromatic carbocycles. The van der Waals surface area contributed by atoms with Gasteiger partial charge in [0, 0.05) is 12.0 Å². The first kappa shape index (κ1) is 14.5. The van der Waals surface area contributed by atoms with Crippen LogP contribution in [0.3, 0.4) is 0 Å². The van der Waals surface area contributed by atoms with Crippen molar-refractivity contribution in [1.82, 2.24) is 10.2 Å². The molecule has 1 aliphatic heterocycles. The second-order valence-electron chi connectivity index (χ2n) is 6.56. The maximum Gasteiger partial charge on any atom is 0.220 e. The van der Waals surface area contributed by atoms with Crippen molar-refractivity contribution in [2.24, 2.45) is 5.92 Å². The van der Waals surface area contributed by atoms with Crippen molar-refractivity contribution in [2.75, 3.05) is 20.1 Å². The summed E-state index contributed by atoms with van der Waals surface area (Å²) in [6.45, 7) is 2.13. The Morgan fingerprint density at radius 3 is 2.62 bits per heavy atom. The molecule has 0 atom stereocenters. The normalized spacial score (nSPS) is 22.0. The van der Waals surface area contributed by atoms with E-state index in [9.17, 15) is 9.18 Å². The summed E-state index contributed by atoms with van der Waals surface area (Å²) in [6, 6.07) is 6.79. The quantitative estimate of drug-likeness (QED) is 0.924. The number of nitrogens with zero attached hydrogens (tertiary/aromatic N) is 1. The number of rotatable bonds is 4. The van der Waals surface area contributed by atoms with Crippen molar-refractivity contribution in [3.63, 3.8) is 0 Å². The summed E-state index contributed by atoms with van der Waals surface area (Å²) >= 11 is 0. The highest BCUT2D eigenvalue weighted by Gasteiger charge is 2.47. The van der Waals surface area contributed by atoms with Gasteiger partial charge in [0.1, 0.15) is 5.82 Å². The average Bonchev–Trinajstić information content (AvgIpc) is 3.22. The number of likely N-dealkylation sites (tertiary alicyclic amines) is 1. The van der Waals surface area contributed by atoms with Gasteiger partial charge in [0.15, 0.2) is 0 Å². The zero-order valence-electron chi connectivity index (χ0n) is 12.6. The van der Waals surface area contributed by atoms with Gasteiger partial charge in [-0.05, 0) is 57.8 Å². The van der Waals surface area contributed by atoms with Crippen LogP contribution in [0.5, 0.6) is 0 Å². The molecule has 0 spiro atoms. The van der Waals surface area contributed by atoms with E-state index in [4.69, 9.17) is 0 Å². The van der Waals surface area contributed by atoms with Gasteiger partial charge in [0.25, 0.3) is 0 Å². The SMILES string of the molecule is CN1CCC(CC(=O)NC2(c3ccccc3F)CC2)CC1. The molecule has 0 bridgehead atoms. The summed E-state index contributed by atoms with van der Waals surface area (Å²) in [6.07, 6.45) is 4.41. The van der Waals surface area contributed by atoms with Crippen LogP contribution in [0.2, 0.25) is 0 Å². The summed E-state index contributed by atoms with van der Waals surface area (Å²) in [7, 11) is 2.12. The van der Waals surface area contributed by atoms with Crippen LogP contribution in [-0.2, 0) is 10.3 Å². The smallest absolute Gasteiger partial charge is 0.220 e. The maximum absolute atomic E-state index is 13.9. The molecule has 2 aliphatic rings. The van der Waals surface area contributed by atoms with Crippen molar-refractivity contribution < 1.29 is 9.18 Å². The van der Waals surface area contributed by atoms with Crippen molar-refractivity contribution in [3.05, 3.63) is 35.6 Å². The summed E-state index contributed by atoms with van der Waals surface area (Å²) in [5.74, 6) is 0.331. The number of benzene rings is 1. The van der Waals surface area contributed by atoms with Gasteiger partial charge in [-0.2, -0.15) is 0 Å². The largest absolute Gasteiger partial charge is 0.346 e. The van der Waals surface area contributed by atoms with Gasteiger partial charge < -0.3 is 10.2 Å². The van der Waals surface area contributed by atoms with Gasteiger partial charge in [0.05, 0.1) is 5.54 Å². The number of piperidine rings is 1. The second kappa shape index (κ2) is 5.76. The molecule has 3 rings (SSSR count). The first-order valence-electron chi connectivity index (χ1n) is 7.84. The molecule has 1 aliphatic carbocycles. The summed E-state index contributed by atoms with van der Waals surface area (Å²) in [5, 5.41) is 3.09. The number of carbonyl (C=O) groups excluding carboxylic acids is 1. The number of nitrogens with one attached hydrogen (secondary N) is 1. The van der Waals surface area contributed by atoms with Crippen LogP contribution in [-0.4, -0.2) is 30.9 Å². The van der Waals surface area contributed by atoms with E-state index in [-0.39, 0.29) is 11.7 Å². The van der Waals surface area contributed by atoms with E-state index in [1.807, 2.05) is 6.07 Å². The fraction of sp³-hybridized carbons (Fsp3) is 0.588. The zero-order chi connectivity index (χ0) is 14.9. The second-order valence-corrected chi connectivity index (χ2v) is 6.56. The third kappa shape index (κ3) is 3.26. The molecule has 21 heavy (non-hydrogen) atoms. The fourth-order valence-electron chi connectivity index (χ4n) is 3.28. The van der Waals surface area contributed by atoms with Gasteiger partial charge >= 0.3 is 0 Å². The number of carbonyl (C=O) groups is 1. The molecular formula is C17H23FN2O. The van der Waals surface area contributed by atoms with Crippen LogP contribution in [0.1, 0.15) is 37.7 Å². The molecule has 1 amide bonds. The Morgan fingerprint density at radius 2 is 2.00 bits per heavy atom. The lowest BCUT2D eigenvalue weighted by atomic mass is 9.93. The third-order valence-corrected chi connectivity index (χ3v) is 4.83. The maximum atomic E-state index is 13.9. The van der Waals surface area contributed by atoms with E-state index in [0.29, 0.717) is 17.9 Å². The average molecular weight is 290 g/mol. The minimum atomic E-state index is -0.437. The summed E-state index contributed by atoms with van der Waals surface area (Å²) in [4.78, 5) is 14.6. The van der Waals surface area contributed by atoms with Crippen LogP contribution in [0.25, 0.3) is 0 Å². The Labute approximate surface area is 125 Å². The third-order valence-electron chi connectivity index (χ3n) is 4.83. The van der Waals surface area contributed by atoms with E-state index in [1.165, 1.54) is 6.07 Å². The standard InChI is InChI=1S/C17H23FN2O/c1-20-10-6-13(7-11-20)12-16(21)19-17(8-9-17)14-4-2-3-5-15(14)18/h2-5,13H,6-12H2,1H3,(H,19,21). The molecular weight excluding hydrogens is 267 g/mol. The number of halogens is 1. The summed E-state index contributed by atoms with van der Waals surface area (Å²) < 4.78 is 13.9. The topological polar surface area (TPSA) is 32.3 Å². The van der Waals surface area contributed by atoms with E-state index in [2.05, 4.69) is 17.3 Å². The Bertz CT molecular complexity index is 519. The van der Waals surface area contributed by atoms with E-state index < -0.39 is 5.54 Å².